The van der Waals surface area contributed by atoms with Crippen molar-refractivity contribution in [3.05, 3.63) is 29.3 Å². The van der Waals surface area contributed by atoms with Crippen LogP contribution in [0.1, 0.15) is 68.3 Å². The van der Waals surface area contributed by atoms with Crippen molar-refractivity contribution < 1.29 is 13.2 Å². The highest BCUT2D eigenvalue weighted by Crippen LogP contribution is 2.23. The Labute approximate surface area is 158 Å². The Kier molecular flexibility index (Phi) is 7.65. The number of unbranched alkanes of at least 4 members (excludes halogenated alkanes) is 1. The molecule has 0 spiro atoms. The number of sulfonamides is 1. The maximum absolute atomic E-state index is 12.7. The number of amides is 1. The topological polar surface area (TPSA) is 66.5 Å². The summed E-state index contributed by atoms with van der Waals surface area (Å²) in [5, 5.41) is 3.00. The fraction of sp³-hybridized carbons (Fsp3) is 0.650. The van der Waals surface area contributed by atoms with E-state index in [-0.39, 0.29) is 10.8 Å². The van der Waals surface area contributed by atoms with Gasteiger partial charge in [0.15, 0.2) is 0 Å². The van der Waals surface area contributed by atoms with Crippen molar-refractivity contribution >= 4 is 15.9 Å². The zero-order valence-electron chi connectivity index (χ0n) is 16.3. The molecule has 6 heteroatoms. The monoisotopic (exact) mass is 380 g/mol. The second-order valence-electron chi connectivity index (χ2n) is 7.21. The summed E-state index contributed by atoms with van der Waals surface area (Å²) in [7, 11) is -3.51. The summed E-state index contributed by atoms with van der Waals surface area (Å²) in [5.41, 5.74) is 1.25. The van der Waals surface area contributed by atoms with E-state index >= 15 is 0 Å². The van der Waals surface area contributed by atoms with Crippen molar-refractivity contribution in [1.29, 1.82) is 0 Å². The minimum Gasteiger partial charge on any atom is -0.352 e. The predicted octanol–water partition coefficient (Wildman–Crippen LogP) is 3.73. The zero-order valence-corrected chi connectivity index (χ0v) is 17.1. The van der Waals surface area contributed by atoms with Gasteiger partial charge >= 0.3 is 0 Å². The Hall–Kier alpha value is -1.40. The van der Waals surface area contributed by atoms with Crippen molar-refractivity contribution in [1.82, 2.24) is 9.62 Å². The molecule has 5 nitrogen and oxygen atoms in total. The van der Waals surface area contributed by atoms with Crippen LogP contribution in [0.3, 0.4) is 0 Å². The summed E-state index contributed by atoms with van der Waals surface area (Å²) < 4.78 is 27.0. The molecule has 1 heterocycles. The first-order valence-corrected chi connectivity index (χ1v) is 11.2. The van der Waals surface area contributed by atoms with E-state index in [0.29, 0.717) is 31.1 Å². The fourth-order valence-corrected chi connectivity index (χ4v) is 4.90. The van der Waals surface area contributed by atoms with Gasteiger partial charge in [-0.05, 0) is 49.8 Å². The molecule has 1 aromatic rings. The van der Waals surface area contributed by atoms with Crippen LogP contribution in [-0.4, -0.2) is 38.3 Å². The first kappa shape index (κ1) is 20.9. The fourth-order valence-electron chi connectivity index (χ4n) is 3.36. The highest BCUT2D eigenvalue weighted by atomic mass is 32.2. The molecular weight excluding hydrogens is 348 g/mol. The maximum Gasteiger partial charge on any atom is 0.251 e. The molecule has 1 fully saturated rings. The molecule has 1 aliphatic heterocycles. The summed E-state index contributed by atoms with van der Waals surface area (Å²) in [6.45, 7) is 7.91. The van der Waals surface area contributed by atoms with Crippen LogP contribution in [0.25, 0.3) is 0 Å². The lowest BCUT2D eigenvalue weighted by molar-refractivity contribution is 0.0945. The SMILES string of the molecule is CCCC[C@@H](CC)CNC(=O)c1cc(S(=O)(=O)N2CCCC2)ccc1C. The Morgan fingerprint density at radius 1 is 1.23 bits per heavy atom. The number of nitrogens with one attached hydrogen (secondary N) is 1. The Balaban J connectivity index is 2.12. The lowest BCUT2D eigenvalue weighted by Crippen LogP contribution is -2.31. The molecule has 1 amide bonds. The van der Waals surface area contributed by atoms with Crippen molar-refractivity contribution in [2.45, 2.75) is 64.2 Å². The van der Waals surface area contributed by atoms with Crippen LogP contribution in [0.4, 0.5) is 0 Å². The van der Waals surface area contributed by atoms with E-state index in [9.17, 15) is 13.2 Å². The highest BCUT2D eigenvalue weighted by molar-refractivity contribution is 7.89. The van der Waals surface area contributed by atoms with Gasteiger partial charge in [0.05, 0.1) is 4.90 Å². The number of benzene rings is 1. The van der Waals surface area contributed by atoms with Gasteiger partial charge in [0.25, 0.3) is 5.91 Å². The molecule has 2 rings (SSSR count). The average Bonchev–Trinajstić information content (AvgIpc) is 3.17. The quantitative estimate of drug-likeness (QED) is 0.710. The van der Waals surface area contributed by atoms with Crippen LogP contribution in [0.5, 0.6) is 0 Å². The van der Waals surface area contributed by atoms with E-state index in [1.165, 1.54) is 10.4 Å². The standard InChI is InChI=1S/C20H32N2O3S/c1-4-6-9-17(5-2)15-21-20(23)19-14-18(11-10-16(19)3)26(24,25)22-12-7-8-13-22/h10-11,14,17H,4-9,12-13,15H2,1-3H3,(H,21,23)/t17-/m1/s1. The second kappa shape index (κ2) is 9.51. The van der Waals surface area contributed by atoms with Gasteiger partial charge in [0.2, 0.25) is 10.0 Å². The molecule has 1 aliphatic rings. The normalized spacial score (nSPS) is 16.6. The number of carbonyl (C=O) groups excluding carboxylic acids is 1. The van der Waals surface area contributed by atoms with E-state index in [1.807, 2.05) is 6.92 Å². The van der Waals surface area contributed by atoms with Crippen LogP contribution in [0.15, 0.2) is 23.1 Å². The lowest BCUT2D eigenvalue weighted by Gasteiger charge is -2.18. The van der Waals surface area contributed by atoms with Gasteiger partial charge in [-0.25, -0.2) is 8.42 Å². The maximum atomic E-state index is 12.7. The summed E-state index contributed by atoms with van der Waals surface area (Å²) >= 11 is 0. The highest BCUT2D eigenvalue weighted by Gasteiger charge is 2.28. The number of rotatable bonds is 9. The van der Waals surface area contributed by atoms with Gasteiger partial charge in [-0.1, -0.05) is 39.2 Å². The molecule has 0 aliphatic carbocycles. The van der Waals surface area contributed by atoms with Crippen molar-refractivity contribution in [3.8, 4) is 0 Å². The third-order valence-corrected chi connectivity index (χ3v) is 7.15. The van der Waals surface area contributed by atoms with Gasteiger partial charge in [-0.2, -0.15) is 4.31 Å². The van der Waals surface area contributed by atoms with Crippen LogP contribution in [0, 0.1) is 12.8 Å². The van der Waals surface area contributed by atoms with Gasteiger partial charge in [0.1, 0.15) is 0 Å². The first-order chi connectivity index (χ1) is 12.4. The number of carbonyl (C=O) groups is 1. The molecule has 0 saturated carbocycles. The smallest absolute Gasteiger partial charge is 0.251 e. The van der Waals surface area contributed by atoms with Crippen LogP contribution < -0.4 is 5.32 Å². The molecule has 0 bridgehead atoms. The Morgan fingerprint density at radius 2 is 1.92 bits per heavy atom. The van der Waals surface area contributed by atoms with Crippen molar-refractivity contribution in [2.24, 2.45) is 5.92 Å². The van der Waals surface area contributed by atoms with E-state index in [0.717, 1.165) is 44.1 Å². The minimum absolute atomic E-state index is 0.184. The molecule has 1 saturated heterocycles. The lowest BCUT2D eigenvalue weighted by atomic mass is 9.99. The second-order valence-corrected chi connectivity index (χ2v) is 9.15. The van der Waals surface area contributed by atoms with E-state index in [1.54, 1.807) is 12.1 Å². The van der Waals surface area contributed by atoms with Gasteiger partial charge in [-0.15, -0.1) is 0 Å². The van der Waals surface area contributed by atoms with Crippen molar-refractivity contribution in [3.63, 3.8) is 0 Å². The van der Waals surface area contributed by atoms with E-state index in [4.69, 9.17) is 0 Å². The Bertz CT molecular complexity index is 710. The minimum atomic E-state index is -3.51. The van der Waals surface area contributed by atoms with Gasteiger partial charge in [-0.3, -0.25) is 4.79 Å². The molecule has 0 unspecified atom stereocenters. The molecular formula is C20H32N2O3S. The summed E-state index contributed by atoms with van der Waals surface area (Å²) in [5.74, 6) is 0.284. The third kappa shape index (κ3) is 5.07. The van der Waals surface area contributed by atoms with Crippen molar-refractivity contribution in [2.75, 3.05) is 19.6 Å². The molecule has 26 heavy (non-hydrogen) atoms. The molecule has 146 valence electrons. The predicted molar refractivity (Wildman–Crippen MR) is 105 cm³/mol. The molecule has 0 aromatic heterocycles. The number of nitrogens with zero attached hydrogens (tertiary/aromatic N) is 1. The molecule has 1 atom stereocenters. The summed E-state index contributed by atoms with van der Waals surface area (Å²) in [4.78, 5) is 12.9. The molecule has 1 aromatic carbocycles. The summed E-state index contributed by atoms with van der Waals surface area (Å²) in [6.07, 6.45) is 6.25. The largest absolute Gasteiger partial charge is 0.352 e. The third-order valence-electron chi connectivity index (χ3n) is 5.25. The number of hydrogen-bond donors (Lipinski definition) is 1. The average molecular weight is 381 g/mol. The Morgan fingerprint density at radius 3 is 2.54 bits per heavy atom. The molecule has 1 N–H and O–H groups in total. The van der Waals surface area contributed by atoms with E-state index < -0.39 is 10.0 Å². The van der Waals surface area contributed by atoms with Gasteiger partial charge in [0, 0.05) is 25.2 Å². The van der Waals surface area contributed by atoms with Crippen LogP contribution in [0.2, 0.25) is 0 Å². The van der Waals surface area contributed by atoms with Gasteiger partial charge < -0.3 is 5.32 Å². The zero-order chi connectivity index (χ0) is 19.2. The summed E-state index contributed by atoms with van der Waals surface area (Å²) in [6, 6.07) is 4.87. The van der Waals surface area contributed by atoms with Crippen LogP contribution >= 0.6 is 0 Å². The number of aryl methyl sites for hydroxylation is 1. The van der Waals surface area contributed by atoms with Crippen LogP contribution in [-0.2, 0) is 10.0 Å². The molecule has 0 radical (unpaired) electrons. The number of hydrogen-bond acceptors (Lipinski definition) is 3. The van der Waals surface area contributed by atoms with E-state index in [2.05, 4.69) is 19.2 Å². The first-order valence-electron chi connectivity index (χ1n) is 9.79.